The molecule has 0 bridgehead atoms. The van der Waals surface area contributed by atoms with Crippen LogP contribution in [0.25, 0.3) is 0 Å². The number of rotatable bonds is 32. The van der Waals surface area contributed by atoms with Crippen LogP contribution in [-0.4, -0.2) is 185 Å². The molecule has 0 amide bonds. The Morgan fingerprint density at radius 3 is 1.09 bits per heavy atom. The average Bonchev–Trinajstić information content (AvgIpc) is 3.08. The molecule has 0 aliphatic rings. The average molecular weight is 673 g/mol. The number of likely N-dealkylation sites (N-methyl/N-ethyl adjacent to an activating group) is 4. The van der Waals surface area contributed by atoms with E-state index in [1.54, 1.807) is 0 Å². The number of hydrogen-bond acceptors (Lipinski definition) is 11. The van der Waals surface area contributed by atoms with E-state index < -0.39 is 0 Å². The third-order valence-electron chi connectivity index (χ3n) is 9.20. The van der Waals surface area contributed by atoms with Crippen molar-refractivity contribution in [2.24, 2.45) is 0 Å². The molecule has 2 unspecified atom stereocenters. The highest BCUT2D eigenvalue weighted by Gasteiger charge is 2.17. The minimum atomic E-state index is -0.370. The summed E-state index contributed by atoms with van der Waals surface area (Å²) >= 11 is 0. The normalized spacial score (nSPS) is 13.4. The molecule has 0 heterocycles. The largest absolute Gasteiger partial charge is 0.463 e. The van der Waals surface area contributed by atoms with Crippen molar-refractivity contribution < 1.29 is 23.8 Å². The van der Waals surface area contributed by atoms with E-state index in [0.717, 1.165) is 105 Å². The third kappa shape index (κ3) is 23.6. The predicted molar refractivity (Wildman–Crippen MR) is 195 cm³/mol. The van der Waals surface area contributed by atoms with Gasteiger partial charge in [0.25, 0.3) is 0 Å². The first kappa shape index (κ1) is 45.7. The Labute approximate surface area is 290 Å². The molecule has 0 spiro atoms. The van der Waals surface area contributed by atoms with Crippen LogP contribution in [0.1, 0.15) is 82.1 Å². The smallest absolute Gasteiger partial charge is 0.307 e. The molecule has 0 fully saturated rings. The van der Waals surface area contributed by atoms with Crippen molar-refractivity contribution in [2.75, 3.05) is 131 Å². The first-order valence-electron chi connectivity index (χ1n) is 18.9. The first-order chi connectivity index (χ1) is 22.6. The Morgan fingerprint density at radius 1 is 0.426 bits per heavy atom. The lowest BCUT2D eigenvalue weighted by molar-refractivity contribution is -0.154. The first-order valence-corrected chi connectivity index (χ1v) is 18.9. The lowest BCUT2D eigenvalue weighted by Crippen LogP contribution is -2.41. The zero-order chi connectivity index (χ0) is 35.5. The summed E-state index contributed by atoms with van der Waals surface area (Å²) in [6.07, 6.45) is 0.0651. The van der Waals surface area contributed by atoms with E-state index in [-0.39, 0.29) is 37.4 Å². The van der Waals surface area contributed by atoms with Crippen molar-refractivity contribution in [1.29, 1.82) is 0 Å². The maximum Gasteiger partial charge on any atom is 0.307 e. The van der Waals surface area contributed by atoms with Gasteiger partial charge in [-0.2, -0.15) is 0 Å². The summed E-state index contributed by atoms with van der Waals surface area (Å²) in [5, 5.41) is 0. The van der Waals surface area contributed by atoms with Crippen LogP contribution in [-0.2, 0) is 23.8 Å². The highest BCUT2D eigenvalue weighted by Crippen LogP contribution is 2.04. The monoisotopic (exact) mass is 673 g/mol. The Hall–Kier alpha value is -1.34. The van der Waals surface area contributed by atoms with Gasteiger partial charge in [-0.1, -0.05) is 55.4 Å². The lowest BCUT2D eigenvalue weighted by atomic mass is 10.3. The summed E-state index contributed by atoms with van der Waals surface area (Å²) in [5.74, 6) is -0.412. The fourth-order valence-corrected chi connectivity index (χ4v) is 5.41. The topological polar surface area (TPSA) is 81.3 Å². The number of carbonyl (C=O) groups excluding carboxylic acids is 2. The molecule has 11 nitrogen and oxygen atoms in total. The van der Waals surface area contributed by atoms with Gasteiger partial charge in [0.15, 0.2) is 0 Å². The predicted octanol–water partition coefficient (Wildman–Crippen LogP) is 3.62. The fraction of sp³-hybridized carbons (Fsp3) is 0.944. The molecule has 11 heteroatoms. The minimum Gasteiger partial charge on any atom is -0.463 e. The van der Waals surface area contributed by atoms with Crippen molar-refractivity contribution in [2.45, 2.75) is 94.3 Å². The molecule has 0 N–H and O–H groups in total. The molecule has 0 rings (SSSR count). The molecule has 0 saturated heterocycles. The number of hydrogen-bond donors (Lipinski definition) is 0. The van der Waals surface area contributed by atoms with Crippen LogP contribution >= 0.6 is 0 Å². The fourth-order valence-electron chi connectivity index (χ4n) is 5.41. The molecule has 0 aromatic rings. The van der Waals surface area contributed by atoms with Crippen LogP contribution in [0, 0.1) is 0 Å². The van der Waals surface area contributed by atoms with Gasteiger partial charge < -0.3 is 43.6 Å². The van der Waals surface area contributed by atoms with E-state index in [4.69, 9.17) is 14.2 Å². The molecule has 0 aromatic heterocycles. The van der Waals surface area contributed by atoms with Crippen LogP contribution in [0.15, 0.2) is 0 Å². The van der Waals surface area contributed by atoms with Gasteiger partial charge in [0.1, 0.15) is 12.7 Å². The number of ether oxygens (including phenoxy) is 3. The maximum absolute atomic E-state index is 12.7. The Morgan fingerprint density at radius 2 is 0.745 bits per heavy atom. The quantitative estimate of drug-likeness (QED) is 0.0984. The molecular weight excluding hydrogens is 596 g/mol. The molecule has 0 aromatic carbocycles. The van der Waals surface area contributed by atoms with E-state index >= 15 is 0 Å². The summed E-state index contributed by atoms with van der Waals surface area (Å²) in [4.78, 5) is 39.7. The van der Waals surface area contributed by atoms with Gasteiger partial charge in [-0.25, -0.2) is 0 Å². The van der Waals surface area contributed by atoms with Crippen molar-refractivity contribution in [3.8, 4) is 0 Å². The van der Waals surface area contributed by atoms with E-state index in [9.17, 15) is 9.59 Å². The van der Waals surface area contributed by atoms with Crippen LogP contribution < -0.4 is 0 Å². The molecule has 280 valence electrons. The van der Waals surface area contributed by atoms with Crippen molar-refractivity contribution >= 4 is 11.9 Å². The zero-order valence-electron chi connectivity index (χ0n) is 32.4. The zero-order valence-corrected chi connectivity index (χ0v) is 32.4. The second-order valence-corrected chi connectivity index (χ2v) is 12.4. The van der Waals surface area contributed by atoms with Gasteiger partial charge in [-0.05, 0) is 66.2 Å². The van der Waals surface area contributed by atoms with Gasteiger partial charge in [0, 0.05) is 65.4 Å². The summed E-state index contributed by atoms with van der Waals surface area (Å²) in [6, 6.07) is 0. The number of esters is 2. The molecule has 2 atom stereocenters. The van der Waals surface area contributed by atoms with Crippen molar-refractivity contribution in [1.82, 2.24) is 29.4 Å². The number of carbonyl (C=O) groups is 2. The standard InChI is InChI=1S/C36H76N6O5/c1-11-37(12-2)23-27-41(28-24-38(13-3)14-4)21-19-35(43)46-31-33(9)45-32-34(10)47-36(44)20-22-42(29-25-39(15-5)16-6)30-26-40(17-7)18-8/h33-34H,11-32H2,1-10H3. The van der Waals surface area contributed by atoms with Crippen LogP contribution in [0.5, 0.6) is 0 Å². The SMILES string of the molecule is CCN(CC)CCN(CCC(=O)OCC(C)OCC(C)OC(=O)CCN(CCN(CC)CC)CCN(CC)CC)CCN(CC)CC. The molecule has 47 heavy (non-hydrogen) atoms. The van der Waals surface area contributed by atoms with Crippen LogP contribution in [0.3, 0.4) is 0 Å². The highest BCUT2D eigenvalue weighted by molar-refractivity contribution is 5.70. The molecule has 0 saturated carbocycles. The number of nitrogens with zero attached hydrogens (tertiary/aromatic N) is 6. The minimum absolute atomic E-state index is 0.187. The maximum atomic E-state index is 12.7. The summed E-state index contributed by atoms with van der Waals surface area (Å²) in [5.41, 5.74) is 0. The summed E-state index contributed by atoms with van der Waals surface area (Å²) in [6.45, 7) is 39.1. The molecule has 0 aliphatic heterocycles. The van der Waals surface area contributed by atoms with Gasteiger partial charge in [-0.15, -0.1) is 0 Å². The van der Waals surface area contributed by atoms with Crippen LogP contribution in [0.4, 0.5) is 0 Å². The third-order valence-corrected chi connectivity index (χ3v) is 9.20. The lowest BCUT2D eigenvalue weighted by Gasteiger charge is -2.28. The van der Waals surface area contributed by atoms with Gasteiger partial charge in [0.05, 0.1) is 25.6 Å². The van der Waals surface area contributed by atoms with E-state index in [1.165, 1.54) is 0 Å². The van der Waals surface area contributed by atoms with Gasteiger partial charge in [-0.3, -0.25) is 9.59 Å². The Balaban J connectivity index is 4.59. The van der Waals surface area contributed by atoms with Gasteiger partial charge >= 0.3 is 11.9 Å². The van der Waals surface area contributed by atoms with Crippen molar-refractivity contribution in [3.05, 3.63) is 0 Å². The van der Waals surface area contributed by atoms with E-state index in [2.05, 4.69) is 84.8 Å². The Bertz CT molecular complexity index is 715. The van der Waals surface area contributed by atoms with Crippen LogP contribution in [0.2, 0.25) is 0 Å². The second kappa shape index (κ2) is 29.6. The Kier molecular flexibility index (Phi) is 28.7. The molecular formula is C36H76N6O5. The van der Waals surface area contributed by atoms with E-state index in [1.807, 2.05) is 13.8 Å². The second-order valence-electron chi connectivity index (χ2n) is 12.4. The molecule has 0 aliphatic carbocycles. The summed E-state index contributed by atoms with van der Waals surface area (Å²) in [7, 11) is 0. The van der Waals surface area contributed by atoms with Crippen molar-refractivity contribution in [3.63, 3.8) is 0 Å². The molecule has 0 radical (unpaired) electrons. The summed E-state index contributed by atoms with van der Waals surface area (Å²) < 4.78 is 17.1. The van der Waals surface area contributed by atoms with E-state index in [0.29, 0.717) is 25.9 Å². The highest BCUT2D eigenvalue weighted by atomic mass is 16.6. The van der Waals surface area contributed by atoms with Gasteiger partial charge in [0.2, 0.25) is 0 Å².